The molecule has 0 spiro atoms. The van der Waals surface area contributed by atoms with Crippen molar-refractivity contribution in [1.82, 2.24) is 10.2 Å². The van der Waals surface area contributed by atoms with Crippen LogP contribution in [-0.2, 0) is 11.2 Å². The van der Waals surface area contributed by atoms with E-state index in [1.54, 1.807) is 0 Å². The molecule has 0 aliphatic carbocycles. The van der Waals surface area contributed by atoms with E-state index in [2.05, 4.69) is 17.3 Å². The second kappa shape index (κ2) is 8.25. The van der Waals surface area contributed by atoms with Crippen LogP contribution in [0.4, 0.5) is 4.79 Å². The largest absolute Gasteiger partial charge is 0.449 e. The Kier molecular flexibility index (Phi) is 6.33. The van der Waals surface area contributed by atoms with E-state index in [4.69, 9.17) is 16.3 Å². The van der Waals surface area contributed by atoms with Gasteiger partial charge in [-0.3, -0.25) is 0 Å². The molecule has 0 bridgehead atoms. The summed E-state index contributed by atoms with van der Waals surface area (Å²) in [7, 11) is 2.14. The average Bonchev–Trinajstić information content (AvgIpc) is 2.85. The normalized spacial score (nSPS) is 18.7. The highest BCUT2D eigenvalue weighted by Crippen LogP contribution is 2.17. The van der Waals surface area contributed by atoms with Gasteiger partial charge in [-0.15, -0.1) is 0 Å². The van der Waals surface area contributed by atoms with Crippen LogP contribution in [0.15, 0.2) is 24.3 Å². The Morgan fingerprint density at radius 2 is 2.38 bits per heavy atom. The molecule has 5 heteroatoms. The van der Waals surface area contributed by atoms with Crippen LogP contribution in [0.2, 0.25) is 5.02 Å². The first-order chi connectivity index (χ1) is 10.1. The van der Waals surface area contributed by atoms with Gasteiger partial charge in [0.25, 0.3) is 0 Å². The number of carbonyl (C=O) groups excluding carboxylic acids is 1. The van der Waals surface area contributed by atoms with Gasteiger partial charge < -0.3 is 15.0 Å². The second-order valence-corrected chi connectivity index (χ2v) is 5.94. The lowest BCUT2D eigenvalue weighted by Gasteiger charge is -2.19. The number of carbonyl (C=O) groups is 1. The SMILES string of the molecule is CN1CCCC1CCNC(=O)OCCc1cccc(Cl)c1. The third kappa shape index (κ3) is 5.56. The minimum Gasteiger partial charge on any atom is -0.449 e. The van der Waals surface area contributed by atoms with Crippen LogP contribution in [0.1, 0.15) is 24.8 Å². The van der Waals surface area contributed by atoms with Crippen molar-refractivity contribution >= 4 is 17.7 Å². The molecule has 1 amide bonds. The monoisotopic (exact) mass is 310 g/mol. The Hall–Kier alpha value is -1.26. The summed E-state index contributed by atoms with van der Waals surface area (Å²) in [6.45, 7) is 2.20. The lowest BCUT2D eigenvalue weighted by Crippen LogP contribution is -2.32. The number of alkyl carbamates (subject to hydrolysis) is 1. The van der Waals surface area contributed by atoms with Crippen LogP contribution >= 0.6 is 11.6 Å². The molecule has 1 aromatic rings. The van der Waals surface area contributed by atoms with Crippen molar-refractivity contribution in [2.75, 3.05) is 26.7 Å². The van der Waals surface area contributed by atoms with Crippen molar-refractivity contribution in [3.63, 3.8) is 0 Å². The Morgan fingerprint density at radius 3 is 3.10 bits per heavy atom. The van der Waals surface area contributed by atoms with Crippen molar-refractivity contribution in [2.45, 2.75) is 31.7 Å². The molecule has 1 atom stereocenters. The summed E-state index contributed by atoms with van der Waals surface area (Å²) in [4.78, 5) is 13.9. The Morgan fingerprint density at radius 1 is 1.52 bits per heavy atom. The highest BCUT2D eigenvalue weighted by Gasteiger charge is 2.20. The maximum atomic E-state index is 11.6. The number of ether oxygens (including phenoxy) is 1. The van der Waals surface area contributed by atoms with Crippen LogP contribution < -0.4 is 5.32 Å². The molecule has 0 saturated carbocycles. The molecule has 1 saturated heterocycles. The fourth-order valence-electron chi connectivity index (χ4n) is 2.69. The smallest absolute Gasteiger partial charge is 0.407 e. The quantitative estimate of drug-likeness (QED) is 0.878. The number of likely N-dealkylation sites (tertiary alicyclic amines) is 1. The van der Waals surface area contributed by atoms with Crippen molar-refractivity contribution in [3.05, 3.63) is 34.9 Å². The average molecular weight is 311 g/mol. The fourth-order valence-corrected chi connectivity index (χ4v) is 2.90. The van der Waals surface area contributed by atoms with Gasteiger partial charge in [0.15, 0.2) is 0 Å². The molecule has 116 valence electrons. The number of halogens is 1. The summed E-state index contributed by atoms with van der Waals surface area (Å²) in [5, 5.41) is 3.52. The van der Waals surface area contributed by atoms with Crippen LogP contribution in [0.3, 0.4) is 0 Å². The Bertz CT molecular complexity index is 467. The predicted octanol–water partition coefficient (Wildman–Crippen LogP) is 3.09. The van der Waals surface area contributed by atoms with Gasteiger partial charge in [-0.05, 0) is 50.6 Å². The van der Waals surface area contributed by atoms with Crippen LogP contribution in [0, 0.1) is 0 Å². The first kappa shape index (κ1) is 16.1. The minimum absolute atomic E-state index is 0.335. The molecule has 21 heavy (non-hydrogen) atoms. The van der Waals surface area contributed by atoms with E-state index in [1.807, 2.05) is 24.3 Å². The molecule has 1 fully saturated rings. The van der Waals surface area contributed by atoms with E-state index in [-0.39, 0.29) is 6.09 Å². The number of rotatable bonds is 6. The van der Waals surface area contributed by atoms with E-state index in [0.29, 0.717) is 30.6 Å². The van der Waals surface area contributed by atoms with Crippen molar-refractivity contribution in [1.29, 1.82) is 0 Å². The number of nitrogens with zero attached hydrogens (tertiary/aromatic N) is 1. The van der Waals surface area contributed by atoms with Crippen molar-refractivity contribution < 1.29 is 9.53 Å². The summed E-state index contributed by atoms with van der Waals surface area (Å²) in [5.74, 6) is 0. The first-order valence-electron chi connectivity index (χ1n) is 7.50. The highest BCUT2D eigenvalue weighted by atomic mass is 35.5. The zero-order chi connectivity index (χ0) is 15.1. The molecule has 2 rings (SSSR count). The molecular formula is C16H23ClN2O2. The highest BCUT2D eigenvalue weighted by molar-refractivity contribution is 6.30. The van der Waals surface area contributed by atoms with E-state index in [1.165, 1.54) is 12.8 Å². The molecular weight excluding hydrogens is 288 g/mol. The summed E-state index contributed by atoms with van der Waals surface area (Å²) < 4.78 is 5.17. The van der Waals surface area contributed by atoms with Gasteiger partial charge in [-0.25, -0.2) is 4.79 Å². The van der Waals surface area contributed by atoms with E-state index in [0.717, 1.165) is 18.5 Å². The topological polar surface area (TPSA) is 41.6 Å². The second-order valence-electron chi connectivity index (χ2n) is 5.51. The number of hydrogen-bond acceptors (Lipinski definition) is 3. The summed E-state index contributed by atoms with van der Waals surface area (Å²) >= 11 is 5.90. The van der Waals surface area contributed by atoms with Crippen LogP contribution in [0.5, 0.6) is 0 Å². The van der Waals surface area contributed by atoms with Gasteiger partial charge in [0.1, 0.15) is 0 Å². The molecule has 1 N–H and O–H groups in total. The third-order valence-corrected chi connectivity index (χ3v) is 4.17. The van der Waals surface area contributed by atoms with Gasteiger partial charge >= 0.3 is 6.09 Å². The van der Waals surface area contributed by atoms with Crippen molar-refractivity contribution in [2.24, 2.45) is 0 Å². The Labute approximate surface area is 131 Å². The van der Waals surface area contributed by atoms with Crippen LogP contribution in [-0.4, -0.2) is 43.8 Å². The predicted molar refractivity (Wildman–Crippen MR) is 84.8 cm³/mol. The van der Waals surface area contributed by atoms with E-state index < -0.39 is 0 Å². The molecule has 0 radical (unpaired) electrons. The van der Waals surface area contributed by atoms with Gasteiger partial charge in [0, 0.05) is 24.0 Å². The molecule has 1 aliphatic heterocycles. The third-order valence-electron chi connectivity index (χ3n) is 3.93. The molecule has 0 aromatic heterocycles. The standard InChI is InChI=1S/C16H23ClN2O2/c1-19-10-3-6-15(19)7-9-18-16(20)21-11-8-13-4-2-5-14(17)12-13/h2,4-5,12,15H,3,6-11H2,1H3,(H,18,20). The molecule has 1 unspecified atom stereocenters. The lowest BCUT2D eigenvalue weighted by molar-refractivity contribution is 0.146. The summed E-state index contributed by atoms with van der Waals surface area (Å²) in [5.41, 5.74) is 1.07. The van der Waals surface area contributed by atoms with Gasteiger partial charge in [-0.2, -0.15) is 0 Å². The lowest BCUT2D eigenvalue weighted by atomic mass is 10.1. The number of amides is 1. The maximum absolute atomic E-state index is 11.6. The summed E-state index contributed by atoms with van der Waals surface area (Å²) in [6.07, 6.45) is 3.81. The van der Waals surface area contributed by atoms with Crippen LogP contribution in [0.25, 0.3) is 0 Å². The fraction of sp³-hybridized carbons (Fsp3) is 0.562. The molecule has 1 heterocycles. The number of nitrogens with one attached hydrogen (secondary N) is 1. The van der Waals surface area contributed by atoms with Gasteiger partial charge in [0.2, 0.25) is 0 Å². The molecule has 4 nitrogen and oxygen atoms in total. The molecule has 1 aromatic carbocycles. The zero-order valence-corrected chi connectivity index (χ0v) is 13.2. The zero-order valence-electron chi connectivity index (χ0n) is 12.5. The Balaban J connectivity index is 1.57. The van der Waals surface area contributed by atoms with E-state index >= 15 is 0 Å². The number of hydrogen-bond donors (Lipinski definition) is 1. The maximum Gasteiger partial charge on any atom is 0.407 e. The van der Waals surface area contributed by atoms with Crippen molar-refractivity contribution in [3.8, 4) is 0 Å². The first-order valence-corrected chi connectivity index (χ1v) is 7.88. The minimum atomic E-state index is -0.335. The van der Waals surface area contributed by atoms with Gasteiger partial charge in [0.05, 0.1) is 6.61 Å². The molecule has 1 aliphatic rings. The number of benzene rings is 1. The summed E-state index contributed by atoms with van der Waals surface area (Å²) in [6, 6.07) is 8.19. The van der Waals surface area contributed by atoms with E-state index in [9.17, 15) is 4.79 Å². The van der Waals surface area contributed by atoms with Gasteiger partial charge in [-0.1, -0.05) is 23.7 Å².